The quantitative estimate of drug-likeness (QED) is 0.867. The van der Waals surface area contributed by atoms with E-state index in [1.54, 1.807) is 0 Å². The Kier molecular flexibility index (Phi) is 3.31. The van der Waals surface area contributed by atoms with E-state index in [0.717, 1.165) is 5.84 Å². The fraction of sp³-hybridized carbons (Fsp3) is 0.278. The van der Waals surface area contributed by atoms with Crippen LogP contribution in [0.4, 0.5) is 0 Å². The van der Waals surface area contributed by atoms with Gasteiger partial charge in [-0.1, -0.05) is 59.7 Å². The highest BCUT2D eigenvalue weighted by molar-refractivity contribution is 5.82. The van der Waals surface area contributed by atoms with Crippen LogP contribution in [-0.4, -0.2) is 5.84 Å². The first-order valence-electron chi connectivity index (χ1n) is 7.07. The zero-order valence-electron chi connectivity index (χ0n) is 12.2. The number of rotatable bonds is 2. The topological polar surface area (TPSA) is 24.4 Å². The second-order valence-corrected chi connectivity index (χ2v) is 5.60. The van der Waals surface area contributed by atoms with E-state index in [2.05, 4.69) is 67.7 Å². The molecule has 3 rings (SSSR count). The van der Waals surface area contributed by atoms with Crippen LogP contribution in [0.3, 0.4) is 0 Å². The lowest BCUT2D eigenvalue weighted by Gasteiger charge is -2.20. The normalized spacial score (nSPS) is 21.4. The first-order chi connectivity index (χ1) is 9.63. The zero-order chi connectivity index (χ0) is 14.1. The molecule has 1 aliphatic rings. The molecule has 0 bridgehead atoms. The van der Waals surface area contributed by atoms with Crippen LogP contribution in [0.15, 0.2) is 53.5 Å². The van der Waals surface area contributed by atoms with Gasteiger partial charge in [0.05, 0.1) is 11.9 Å². The third kappa shape index (κ3) is 2.46. The lowest BCUT2D eigenvalue weighted by atomic mass is 9.94. The molecule has 2 atom stereocenters. The molecule has 2 aromatic rings. The van der Waals surface area contributed by atoms with Crippen molar-refractivity contribution in [1.82, 2.24) is 5.32 Å². The summed E-state index contributed by atoms with van der Waals surface area (Å²) in [7, 11) is 0. The van der Waals surface area contributed by atoms with E-state index in [0.29, 0.717) is 0 Å². The third-order valence-corrected chi connectivity index (χ3v) is 3.87. The van der Waals surface area contributed by atoms with Gasteiger partial charge in [-0.2, -0.15) is 0 Å². The highest BCUT2D eigenvalue weighted by Gasteiger charge is 2.29. The summed E-state index contributed by atoms with van der Waals surface area (Å²) in [6, 6.07) is 17.8. The van der Waals surface area contributed by atoms with Gasteiger partial charge in [0.2, 0.25) is 0 Å². The van der Waals surface area contributed by atoms with Crippen LogP contribution < -0.4 is 5.32 Å². The average Bonchev–Trinajstić information content (AvgIpc) is 2.82. The third-order valence-electron chi connectivity index (χ3n) is 3.87. The molecule has 0 radical (unpaired) electrons. The molecule has 1 N–H and O–H groups in total. The summed E-state index contributed by atoms with van der Waals surface area (Å²) >= 11 is 0. The molecular weight excluding hydrogens is 244 g/mol. The van der Waals surface area contributed by atoms with Crippen molar-refractivity contribution in [3.05, 3.63) is 70.8 Å². The number of hydrogen-bond acceptors (Lipinski definition) is 2. The molecule has 0 spiro atoms. The highest BCUT2D eigenvalue weighted by Crippen LogP contribution is 2.36. The molecule has 102 valence electrons. The van der Waals surface area contributed by atoms with Crippen molar-refractivity contribution in [1.29, 1.82) is 0 Å². The smallest absolute Gasteiger partial charge is 0.101 e. The molecule has 1 aliphatic heterocycles. The summed E-state index contributed by atoms with van der Waals surface area (Å²) in [4.78, 5) is 4.77. The Hall–Kier alpha value is -2.09. The number of aliphatic imine (C=N–C) groups is 1. The fourth-order valence-corrected chi connectivity index (χ4v) is 2.69. The van der Waals surface area contributed by atoms with Crippen molar-refractivity contribution >= 4 is 5.84 Å². The van der Waals surface area contributed by atoms with Crippen molar-refractivity contribution in [2.75, 3.05) is 0 Å². The number of nitrogens with zero attached hydrogens (tertiary/aromatic N) is 1. The maximum Gasteiger partial charge on any atom is 0.101 e. The molecule has 0 amide bonds. The fourth-order valence-electron chi connectivity index (χ4n) is 2.69. The Morgan fingerprint density at radius 2 is 1.25 bits per heavy atom. The monoisotopic (exact) mass is 264 g/mol. The van der Waals surface area contributed by atoms with Gasteiger partial charge in [-0.15, -0.1) is 0 Å². The van der Waals surface area contributed by atoms with Crippen molar-refractivity contribution < 1.29 is 0 Å². The van der Waals surface area contributed by atoms with E-state index in [4.69, 9.17) is 4.99 Å². The van der Waals surface area contributed by atoms with E-state index in [-0.39, 0.29) is 12.1 Å². The van der Waals surface area contributed by atoms with Crippen LogP contribution in [-0.2, 0) is 0 Å². The Balaban J connectivity index is 1.95. The second kappa shape index (κ2) is 5.12. The molecule has 2 aromatic carbocycles. The Morgan fingerprint density at radius 3 is 1.80 bits per heavy atom. The van der Waals surface area contributed by atoms with Crippen molar-refractivity contribution in [3.63, 3.8) is 0 Å². The van der Waals surface area contributed by atoms with Gasteiger partial charge in [0, 0.05) is 0 Å². The highest BCUT2D eigenvalue weighted by atomic mass is 15.1. The zero-order valence-corrected chi connectivity index (χ0v) is 12.2. The molecule has 0 unspecified atom stereocenters. The summed E-state index contributed by atoms with van der Waals surface area (Å²) < 4.78 is 0. The van der Waals surface area contributed by atoms with E-state index < -0.39 is 0 Å². The van der Waals surface area contributed by atoms with Gasteiger partial charge in [0.25, 0.3) is 0 Å². The summed E-state index contributed by atoms with van der Waals surface area (Å²) in [6.45, 7) is 6.27. The number of aryl methyl sites for hydroxylation is 2. The molecular formula is C18H20N2. The minimum Gasteiger partial charge on any atom is -0.365 e. The predicted molar refractivity (Wildman–Crippen MR) is 84.1 cm³/mol. The van der Waals surface area contributed by atoms with Crippen LogP contribution >= 0.6 is 0 Å². The number of benzene rings is 2. The van der Waals surface area contributed by atoms with Gasteiger partial charge >= 0.3 is 0 Å². The van der Waals surface area contributed by atoms with Gasteiger partial charge < -0.3 is 5.32 Å². The minimum atomic E-state index is 0.165. The molecule has 20 heavy (non-hydrogen) atoms. The average molecular weight is 264 g/mol. The minimum absolute atomic E-state index is 0.165. The Labute approximate surface area is 120 Å². The largest absolute Gasteiger partial charge is 0.365 e. The van der Waals surface area contributed by atoms with Crippen LogP contribution in [0.25, 0.3) is 0 Å². The van der Waals surface area contributed by atoms with Crippen LogP contribution in [0.1, 0.15) is 41.3 Å². The van der Waals surface area contributed by atoms with E-state index in [1.165, 1.54) is 22.3 Å². The maximum atomic E-state index is 4.77. The van der Waals surface area contributed by atoms with Crippen LogP contribution in [0.2, 0.25) is 0 Å². The number of hydrogen-bond donors (Lipinski definition) is 1. The second-order valence-electron chi connectivity index (χ2n) is 5.60. The molecule has 0 saturated carbocycles. The van der Waals surface area contributed by atoms with Gasteiger partial charge in [-0.3, -0.25) is 4.99 Å². The predicted octanol–water partition coefficient (Wildman–Crippen LogP) is 4.11. The summed E-state index contributed by atoms with van der Waals surface area (Å²) in [6.07, 6.45) is 0. The van der Waals surface area contributed by atoms with Crippen LogP contribution in [0.5, 0.6) is 0 Å². The summed E-state index contributed by atoms with van der Waals surface area (Å²) in [5.74, 6) is 1.01. The van der Waals surface area contributed by atoms with Crippen molar-refractivity contribution in [3.8, 4) is 0 Å². The molecule has 0 aromatic heterocycles. The van der Waals surface area contributed by atoms with Gasteiger partial charge in [-0.05, 0) is 31.9 Å². The Bertz CT molecular complexity index is 623. The molecule has 2 heteroatoms. The number of nitrogens with one attached hydrogen (secondary N) is 1. The molecule has 0 aliphatic carbocycles. The lowest BCUT2D eigenvalue weighted by molar-refractivity contribution is 0.572. The van der Waals surface area contributed by atoms with E-state index in [1.807, 2.05) is 6.92 Å². The number of amidine groups is 1. The maximum absolute atomic E-state index is 4.77. The standard InChI is InChI=1S/C18H20N2/c1-12-4-8-15(9-5-12)17-18(20-14(3)19-17)16-10-6-13(2)7-11-16/h4-11,17-18H,1-3H3,(H,19,20)/t17-,18+. The van der Waals surface area contributed by atoms with Gasteiger partial charge in [0.1, 0.15) is 6.04 Å². The summed E-state index contributed by atoms with van der Waals surface area (Å²) in [5, 5.41) is 3.50. The lowest BCUT2D eigenvalue weighted by Crippen LogP contribution is -2.22. The molecule has 2 nitrogen and oxygen atoms in total. The van der Waals surface area contributed by atoms with Crippen molar-refractivity contribution in [2.24, 2.45) is 4.99 Å². The molecule has 1 heterocycles. The SMILES string of the molecule is CC1=N[C@@H](c2ccc(C)cc2)[C@@H](c2ccc(C)cc2)N1. The van der Waals surface area contributed by atoms with Crippen molar-refractivity contribution in [2.45, 2.75) is 32.9 Å². The molecule has 0 saturated heterocycles. The van der Waals surface area contributed by atoms with E-state index in [9.17, 15) is 0 Å². The van der Waals surface area contributed by atoms with Gasteiger partial charge in [0.15, 0.2) is 0 Å². The van der Waals surface area contributed by atoms with E-state index >= 15 is 0 Å². The van der Waals surface area contributed by atoms with Gasteiger partial charge in [-0.25, -0.2) is 0 Å². The molecule has 0 fully saturated rings. The summed E-state index contributed by atoms with van der Waals surface area (Å²) in [5.41, 5.74) is 5.14. The first kappa shape index (κ1) is 12.9. The first-order valence-corrected chi connectivity index (χ1v) is 7.07. The van der Waals surface area contributed by atoms with Crippen LogP contribution in [0, 0.1) is 13.8 Å². The Morgan fingerprint density at radius 1 is 0.750 bits per heavy atom.